The Morgan fingerprint density at radius 2 is 1.86 bits per heavy atom. The van der Waals surface area contributed by atoms with E-state index in [2.05, 4.69) is 26.1 Å². The van der Waals surface area contributed by atoms with Gasteiger partial charge in [0.25, 0.3) is 0 Å². The third-order valence-electron chi connectivity index (χ3n) is 4.67. The standard InChI is InChI=1S/C17H23NO4/c1-10-14(17(2,3)15(10)22-4)18-13(19)9-11-5-7-12(8-6-11)16(20)21/h5-8,10,14-15H,9H2,1-4H3,(H,18,19)(H,20,21). The van der Waals surface area contributed by atoms with Crippen molar-refractivity contribution >= 4 is 11.9 Å². The van der Waals surface area contributed by atoms with Crippen molar-refractivity contribution in [1.29, 1.82) is 0 Å². The molecule has 3 atom stereocenters. The Morgan fingerprint density at radius 3 is 2.32 bits per heavy atom. The first-order valence-corrected chi connectivity index (χ1v) is 7.41. The third kappa shape index (κ3) is 2.99. The molecule has 1 aromatic carbocycles. The van der Waals surface area contributed by atoms with Crippen LogP contribution in [0, 0.1) is 11.3 Å². The van der Waals surface area contributed by atoms with E-state index in [0.717, 1.165) is 5.56 Å². The second-order valence-electron chi connectivity index (χ2n) is 6.56. The molecule has 5 nitrogen and oxygen atoms in total. The van der Waals surface area contributed by atoms with Crippen molar-refractivity contribution in [3.8, 4) is 0 Å². The number of carbonyl (C=O) groups is 2. The highest BCUT2D eigenvalue weighted by Crippen LogP contribution is 2.46. The second kappa shape index (κ2) is 6.08. The number of rotatable bonds is 5. The lowest BCUT2D eigenvalue weighted by Gasteiger charge is -2.56. The molecule has 120 valence electrons. The molecular formula is C17H23NO4. The summed E-state index contributed by atoms with van der Waals surface area (Å²) in [6, 6.07) is 6.47. The van der Waals surface area contributed by atoms with E-state index in [1.54, 1.807) is 19.2 Å². The Hall–Kier alpha value is -1.88. The normalized spacial score (nSPS) is 26.1. The molecule has 0 bridgehead atoms. The van der Waals surface area contributed by atoms with Crippen molar-refractivity contribution in [2.45, 2.75) is 39.3 Å². The first kappa shape index (κ1) is 16.5. The molecule has 1 aromatic rings. The molecule has 5 heteroatoms. The Kier molecular flexibility index (Phi) is 4.56. The van der Waals surface area contributed by atoms with Gasteiger partial charge in [0.05, 0.1) is 18.1 Å². The summed E-state index contributed by atoms with van der Waals surface area (Å²) in [5.74, 6) is -0.743. The van der Waals surface area contributed by atoms with Gasteiger partial charge in [0.1, 0.15) is 0 Å². The lowest BCUT2D eigenvalue weighted by molar-refractivity contribution is -0.154. The van der Waals surface area contributed by atoms with Crippen molar-refractivity contribution in [3.63, 3.8) is 0 Å². The van der Waals surface area contributed by atoms with E-state index in [1.807, 2.05) is 0 Å². The summed E-state index contributed by atoms with van der Waals surface area (Å²) in [6.07, 6.45) is 0.393. The molecule has 0 aliphatic heterocycles. The Morgan fingerprint density at radius 1 is 1.27 bits per heavy atom. The summed E-state index contributed by atoms with van der Waals surface area (Å²) in [7, 11) is 1.70. The van der Waals surface area contributed by atoms with Crippen molar-refractivity contribution < 1.29 is 19.4 Å². The molecule has 1 amide bonds. The summed E-state index contributed by atoms with van der Waals surface area (Å²) >= 11 is 0. The summed E-state index contributed by atoms with van der Waals surface area (Å²) in [5, 5.41) is 11.9. The van der Waals surface area contributed by atoms with Crippen molar-refractivity contribution in [2.24, 2.45) is 11.3 Å². The van der Waals surface area contributed by atoms with Gasteiger partial charge in [-0.2, -0.15) is 0 Å². The average Bonchev–Trinajstić information content (AvgIpc) is 2.45. The lowest BCUT2D eigenvalue weighted by atomic mass is 9.58. The van der Waals surface area contributed by atoms with Gasteiger partial charge in [0.2, 0.25) is 5.91 Å². The smallest absolute Gasteiger partial charge is 0.335 e. The van der Waals surface area contributed by atoms with Gasteiger partial charge in [0, 0.05) is 24.5 Å². The molecule has 1 saturated carbocycles. The highest BCUT2D eigenvalue weighted by Gasteiger charge is 2.55. The van der Waals surface area contributed by atoms with E-state index >= 15 is 0 Å². The molecule has 0 spiro atoms. The number of ether oxygens (including phenoxy) is 1. The maximum absolute atomic E-state index is 12.2. The Bertz CT molecular complexity index is 565. The van der Waals surface area contributed by atoms with Gasteiger partial charge < -0.3 is 15.2 Å². The number of benzene rings is 1. The van der Waals surface area contributed by atoms with E-state index in [4.69, 9.17) is 9.84 Å². The minimum Gasteiger partial charge on any atom is -0.478 e. The third-order valence-corrected chi connectivity index (χ3v) is 4.67. The largest absolute Gasteiger partial charge is 0.478 e. The van der Waals surface area contributed by atoms with E-state index in [0.29, 0.717) is 0 Å². The molecule has 0 saturated heterocycles. The zero-order valence-corrected chi connectivity index (χ0v) is 13.4. The Balaban J connectivity index is 1.95. The van der Waals surface area contributed by atoms with Crippen LogP contribution in [0.15, 0.2) is 24.3 Å². The van der Waals surface area contributed by atoms with E-state index in [1.165, 1.54) is 12.1 Å². The van der Waals surface area contributed by atoms with Crippen LogP contribution in [-0.2, 0) is 16.0 Å². The first-order valence-electron chi connectivity index (χ1n) is 7.41. The number of methoxy groups -OCH3 is 1. The minimum absolute atomic E-state index is 0.0532. The molecule has 1 aliphatic rings. The topological polar surface area (TPSA) is 75.6 Å². The SMILES string of the molecule is COC1C(C)C(NC(=O)Cc2ccc(C(=O)O)cc2)C1(C)C. The van der Waals surface area contributed by atoms with Crippen LogP contribution in [0.4, 0.5) is 0 Å². The van der Waals surface area contributed by atoms with Gasteiger partial charge in [-0.15, -0.1) is 0 Å². The highest BCUT2D eigenvalue weighted by atomic mass is 16.5. The maximum atomic E-state index is 12.2. The number of hydrogen-bond donors (Lipinski definition) is 2. The number of aromatic carboxylic acids is 1. The number of amides is 1. The van der Waals surface area contributed by atoms with Gasteiger partial charge in [0.15, 0.2) is 0 Å². The van der Waals surface area contributed by atoms with Crippen LogP contribution in [0.2, 0.25) is 0 Å². The summed E-state index contributed by atoms with van der Waals surface area (Å²) in [5.41, 5.74) is 0.938. The molecule has 22 heavy (non-hydrogen) atoms. The zero-order valence-electron chi connectivity index (χ0n) is 13.4. The summed E-state index contributed by atoms with van der Waals surface area (Å²) in [4.78, 5) is 23.0. The molecule has 2 N–H and O–H groups in total. The van der Waals surface area contributed by atoms with Gasteiger partial charge in [-0.25, -0.2) is 4.79 Å². The van der Waals surface area contributed by atoms with Crippen LogP contribution in [0.25, 0.3) is 0 Å². The molecule has 0 aromatic heterocycles. The molecule has 2 rings (SSSR count). The molecule has 0 heterocycles. The second-order valence-corrected chi connectivity index (χ2v) is 6.56. The van der Waals surface area contributed by atoms with Crippen LogP contribution < -0.4 is 5.32 Å². The van der Waals surface area contributed by atoms with Crippen LogP contribution in [-0.4, -0.2) is 36.2 Å². The Labute approximate surface area is 130 Å². The van der Waals surface area contributed by atoms with Crippen LogP contribution >= 0.6 is 0 Å². The molecule has 1 aliphatic carbocycles. The summed E-state index contributed by atoms with van der Waals surface area (Å²) < 4.78 is 5.47. The zero-order chi connectivity index (χ0) is 16.5. The van der Waals surface area contributed by atoms with Crippen LogP contribution in [0.1, 0.15) is 36.7 Å². The highest BCUT2D eigenvalue weighted by molar-refractivity contribution is 5.87. The maximum Gasteiger partial charge on any atom is 0.335 e. The van der Waals surface area contributed by atoms with Gasteiger partial charge in [-0.05, 0) is 17.7 Å². The summed E-state index contributed by atoms with van der Waals surface area (Å²) in [6.45, 7) is 6.26. The predicted octanol–water partition coefficient (Wildman–Crippen LogP) is 2.10. The number of carboxylic acids is 1. The predicted molar refractivity (Wildman–Crippen MR) is 82.8 cm³/mol. The quantitative estimate of drug-likeness (QED) is 0.873. The fourth-order valence-electron chi connectivity index (χ4n) is 3.60. The van der Waals surface area contributed by atoms with E-state index < -0.39 is 5.97 Å². The molecule has 3 unspecified atom stereocenters. The van der Waals surface area contributed by atoms with Crippen LogP contribution in [0.3, 0.4) is 0 Å². The van der Waals surface area contributed by atoms with Gasteiger partial charge >= 0.3 is 5.97 Å². The van der Waals surface area contributed by atoms with Crippen molar-refractivity contribution in [2.75, 3.05) is 7.11 Å². The minimum atomic E-state index is -0.966. The number of hydrogen-bond acceptors (Lipinski definition) is 3. The van der Waals surface area contributed by atoms with E-state index in [9.17, 15) is 9.59 Å². The lowest BCUT2D eigenvalue weighted by Crippen LogP contribution is -2.68. The monoisotopic (exact) mass is 305 g/mol. The van der Waals surface area contributed by atoms with E-state index in [-0.39, 0.29) is 41.4 Å². The number of carbonyl (C=O) groups excluding carboxylic acids is 1. The first-order chi connectivity index (χ1) is 10.3. The average molecular weight is 305 g/mol. The van der Waals surface area contributed by atoms with Gasteiger partial charge in [-0.3, -0.25) is 4.79 Å². The van der Waals surface area contributed by atoms with Gasteiger partial charge in [-0.1, -0.05) is 32.9 Å². The molecule has 0 radical (unpaired) electrons. The van der Waals surface area contributed by atoms with Crippen molar-refractivity contribution in [3.05, 3.63) is 35.4 Å². The fourth-order valence-corrected chi connectivity index (χ4v) is 3.60. The number of nitrogens with one attached hydrogen (secondary N) is 1. The molecular weight excluding hydrogens is 282 g/mol. The van der Waals surface area contributed by atoms with Crippen LogP contribution in [0.5, 0.6) is 0 Å². The van der Waals surface area contributed by atoms with Crippen molar-refractivity contribution in [1.82, 2.24) is 5.32 Å². The molecule has 1 fully saturated rings. The number of carboxylic acid groups (broad SMARTS) is 1. The fraction of sp³-hybridized carbons (Fsp3) is 0.529.